The van der Waals surface area contributed by atoms with E-state index >= 15 is 0 Å². The third-order valence-electron chi connectivity index (χ3n) is 2.69. The molecule has 0 atom stereocenters. The highest BCUT2D eigenvalue weighted by molar-refractivity contribution is 5.91. The molecular formula is C14H14N2O. The van der Waals surface area contributed by atoms with Crippen molar-refractivity contribution < 1.29 is 4.74 Å². The largest absolute Gasteiger partial charge is 0.497 e. The monoisotopic (exact) mass is 226 g/mol. The highest BCUT2D eigenvalue weighted by Crippen LogP contribution is 2.22. The lowest BCUT2D eigenvalue weighted by atomic mass is 10.2. The number of terminal acetylenes is 1. The number of benzene rings is 1. The zero-order chi connectivity index (χ0) is 12.3. The van der Waals surface area contributed by atoms with Crippen molar-refractivity contribution >= 4 is 17.1 Å². The van der Waals surface area contributed by atoms with Gasteiger partial charge in [0.1, 0.15) is 5.75 Å². The Balaban J connectivity index is 2.45. The molecule has 0 fully saturated rings. The van der Waals surface area contributed by atoms with E-state index in [9.17, 15) is 0 Å². The van der Waals surface area contributed by atoms with Gasteiger partial charge in [-0.1, -0.05) is 5.92 Å². The van der Waals surface area contributed by atoms with Crippen LogP contribution in [0.1, 0.15) is 5.69 Å². The van der Waals surface area contributed by atoms with Crippen molar-refractivity contribution in [1.29, 1.82) is 0 Å². The molecule has 1 aromatic heterocycles. The van der Waals surface area contributed by atoms with Gasteiger partial charge in [0.2, 0.25) is 0 Å². The summed E-state index contributed by atoms with van der Waals surface area (Å²) in [6.45, 7) is 0.408. The molecule has 0 saturated heterocycles. The number of ether oxygens (including phenoxy) is 1. The van der Waals surface area contributed by atoms with E-state index in [-0.39, 0.29) is 0 Å². The van der Waals surface area contributed by atoms with Crippen LogP contribution in [0.3, 0.4) is 0 Å². The molecule has 2 rings (SSSR count). The van der Waals surface area contributed by atoms with Gasteiger partial charge in [0, 0.05) is 24.2 Å². The van der Waals surface area contributed by atoms with Crippen molar-refractivity contribution in [3.8, 4) is 18.1 Å². The molecule has 0 aliphatic heterocycles. The van der Waals surface area contributed by atoms with Gasteiger partial charge in [-0.2, -0.15) is 0 Å². The van der Waals surface area contributed by atoms with Gasteiger partial charge >= 0.3 is 0 Å². The lowest BCUT2D eigenvalue weighted by Crippen LogP contribution is -1.94. The molecule has 0 saturated carbocycles. The number of aliphatic imine (C=N–C) groups is 1. The number of rotatable bonds is 3. The first-order chi connectivity index (χ1) is 8.26. The standard InChI is InChI=1S/C14H14N2O/c1-4-7-15-10-12-8-11-9-13(17-3)5-6-14(11)16(12)2/h1,5-6,8-10H,7H2,2-3H3. The number of nitrogens with zero attached hydrogens (tertiary/aromatic N) is 2. The van der Waals surface area contributed by atoms with Crippen LogP contribution in [0.15, 0.2) is 29.3 Å². The molecule has 0 amide bonds. The van der Waals surface area contributed by atoms with Crippen LogP contribution in [0, 0.1) is 12.3 Å². The Bertz CT molecular complexity index is 602. The van der Waals surface area contributed by atoms with Crippen molar-refractivity contribution in [2.24, 2.45) is 12.0 Å². The minimum absolute atomic E-state index is 0.408. The van der Waals surface area contributed by atoms with Crippen LogP contribution in [-0.2, 0) is 7.05 Å². The zero-order valence-corrected chi connectivity index (χ0v) is 9.97. The van der Waals surface area contributed by atoms with E-state index in [1.54, 1.807) is 13.3 Å². The molecule has 0 radical (unpaired) electrons. The van der Waals surface area contributed by atoms with Crippen molar-refractivity contribution in [3.05, 3.63) is 30.0 Å². The van der Waals surface area contributed by atoms with Crippen LogP contribution >= 0.6 is 0 Å². The average molecular weight is 226 g/mol. The summed E-state index contributed by atoms with van der Waals surface area (Å²) in [4.78, 5) is 4.15. The van der Waals surface area contributed by atoms with Gasteiger partial charge in [-0.05, 0) is 24.3 Å². The third kappa shape index (κ3) is 2.16. The molecule has 1 aromatic carbocycles. The van der Waals surface area contributed by atoms with E-state index in [1.807, 2.05) is 25.2 Å². The van der Waals surface area contributed by atoms with Crippen LogP contribution in [0.4, 0.5) is 0 Å². The van der Waals surface area contributed by atoms with Crippen LogP contribution in [0.25, 0.3) is 10.9 Å². The fourth-order valence-corrected chi connectivity index (χ4v) is 1.79. The number of hydrogen-bond acceptors (Lipinski definition) is 2. The summed E-state index contributed by atoms with van der Waals surface area (Å²) in [6.07, 6.45) is 6.95. The topological polar surface area (TPSA) is 26.5 Å². The smallest absolute Gasteiger partial charge is 0.119 e. The summed E-state index contributed by atoms with van der Waals surface area (Å²) in [5, 5.41) is 1.13. The molecule has 0 N–H and O–H groups in total. The Hall–Kier alpha value is -2.21. The predicted molar refractivity (Wildman–Crippen MR) is 70.8 cm³/mol. The second-order valence-electron chi connectivity index (χ2n) is 3.73. The molecule has 86 valence electrons. The van der Waals surface area contributed by atoms with Crippen LogP contribution in [-0.4, -0.2) is 24.4 Å². The fraction of sp³-hybridized carbons (Fsp3) is 0.214. The Labute approximate surface area is 101 Å². The van der Waals surface area contributed by atoms with Crippen LogP contribution < -0.4 is 4.74 Å². The SMILES string of the molecule is C#CCN=Cc1cc2cc(OC)ccc2n1C. The van der Waals surface area contributed by atoms with E-state index in [1.165, 1.54) is 0 Å². The van der Waals surface area contributed by atoms with Crippen LogP contribution in [0.2, 0.25) is 0 Å². The molecule has 2 aromatic rings. The maximum Gasteiger partial charge on any atom is 0.119 e. The maximum absolute atomic E-state index is 5.20. The molecule has 0 aliphatic carbocycles. The fourth-order valence-electron chi connectivity index (χ4n) is 1.79. The Morgan fingerprint density at radius 1 is 1.47 bits per heavy atom. The molecule has 0 spiro atoms. The van der Waals surface area contributed by atoms with E-state index in [4.69, 9.17) is 11.2 Å². The molecule has 3 nitrogen and oxygen atoms in total. The van der Waals surface area contributed by atoms with Crippen molar-refractivity contribution in [2.75, 3.05) is 13.7 Å². The summed E-state index contributed by atoms with van der Waals surface area (Å²) < 4.78 is 7.28. The van der Waals surface area contributed by atoms with Gasteiger partial charge in [0.25, 0.3) is 0 Å². The number of aryl methyl sites for hydroxylation is 1. The quantitative estimate of drug-likeness (QED) is 0.582. The van der Waals surface area contributed by atoms with Gasteiger partial charge in [0.05, 0.1) is 19.3 Å². The zero-order valence-electron chi connectivity index (χ0n) is 9.97. The van der Waals surface area contributed by atoms with Gasteiger partial charge < -0.3 is 9.30 Å². The Morgan fingerprint density at radius 2 is 2.29 bits per heavy atom. The van der Waals surface area contributed by atoms with Crippen molar-refractivity contribution in [3.63, 3.8) is 0 Å². The molecule has 0 unspecified atom stereocenters. The molecule has 17 heavy (non-hydrogen) atoms. The van der Waals surface area contributed by atoms with E-state index in [0.29, 0.717) is 6.54 Å². The van der Waals surface area contributed by atoms with Gasteiger partial charge in [-0.15, -0.1) is 6.42 Å². The van der Waals surface area contributed by atoms with Gasteiger partial charge in [-0.3, -0.25) is 4.99 Å². The maximum atomic E-state index is 5.20. The van der Waals surface area contributed by atoms with Gasteiger partial charge in [0.15, 0.2) is 0 Å². The highest BCUT2D eigenvalue weighted by Gasteiger charge is 2.04. The van der Waals surface area contributed by atoms with E-state index in [0.717, 1.165) is 22.3 Å². The third-order valence-corrected chi connectivity index (χ3v) is 2.69. The van der Waals surface area contributed by atoms with Gasteiger partial charge in [-0.25, -0.2) is 0 Å². The lowest BCUT2D eigenvalue weighted by molar-refractivity contribution is 0.415. The average Bonchev–Trinajstić information content (AvgIpc) is 2.66. The number of methoxy groups -OCH3 is 1. The minimum Gasteiger partial charge on any atom is -0.497 e. The molecular weight excluding hydrogens is 212 g/mol. The summed E-state index contributed by atoms with van der Waals surface area (Å²) >= 11 is 0. The summed E-state index contributed by atoms with van der Waals surface area (Å²) in [6, 6.07) is 8.06. The summed E-state index contributed by atoms with van der Waals surface area (Å²) in [5.41, 5.74) is 2.18. The Kier molecular flexibility index (Phi) is 3.15. The number of aromatic nitrogens is 1. The number of hydrogen-bond donors (Lipinski definition) is 0. The second-order valence-corrected chi connectivity index (χ2v) is 3.73. The lowest BCUT2D eigenvalue weighted by Gasteiger charge is -2.01. The Morgan fingerprint density at radius 3 is 3.00 bits per heavy atom. The molecule has 0 bridgehead atoms. The molecule has 1 heterocycles. The van der Waals surface area contributed by atoms with E-state index < -0.39 is 0 Å². The van der Waals surface area contributed by atoms with Crippen LogP contribution in [0.5, 0.6) is 5.75 Å². The first-order valence-corrected chi connectivity index (χ1v) is 5.33. The molecule has 3 heteroatoms. The summed E-state index contributed by atoms with van der Waals surface area (Å²) in [5.74, 6) is 3.34. The minimum atomic E-state index is 0.408. The number of fused-ring (bicyclic) bond motifs is 1. The first kappa shape index (κ1) is 11.3. The second kappa shape index (κ2) is 4.75. The van der Waals surface area contributed by atoms with Crippen molar-refractivity contribution in [2.45, 2.75) is 0 Å². The summed E-state index contributed by atoms with van der Waals surface area (Å²) in [7, 11) is 3.67. The predicted octanol–water partition coefficient (Wildman–Crippen LogP) is 2.24. The van der Waals surface area contributed by atoms with E-state index in [2.05, 4.69) is 21.5 Å². The van der Waals surface area contributed by atoms with Crippen molar-refractivity contribution in [1.82, 2.24) is 4.57 Å². The molecule has 0 aliphatic rings. The highest BCUT2D eigenvalue weighted by atomic mass is 16.5. The normalized spacial score (nSPS) is 10.9. The first-order valence-electron chi connectivity index (χ1n) is 5.33.